The van der Waals surface area contributed by atoms with Crippen LogP contribution in [0, 0.1) is 0 Å². The molecule has 0 amide bonds. The topological polar surface area (TPSA) is 23.3 Å². The van der Waals surface area contributed by atoms with Crippen molar-refractivity contribution in [3.63, 3.8) is 0 Å². The molecule has 1 aromatic carbocycles. The highest BCUT2D eigenvalue weighted by atomic mass is 16.5. The number of hydrogen-bond acceptors (Lipinski definition) is 1. The second-order valence-electron chi connectivity index (χ2n) is 3.39. The van der Waals surface area contributed by atoms with Gasteiger partial charge in [-0.15, -0.1) is 0 Å². The zero-order chi connectivity index (χ0) is 9.80. The van der Waals surface area contributed by atoms with E-state index in [1.54, 1.807) is 7.11 Å². The van der Waals surface area contributed by atoms with Crippen LogP contribution in [0.1, 0.15) is 18.4 Å². The molecule has 0 N–H and O–H groups in total. The molecule has 0 unspecified atom stereocenters. The first-order chi connectivity index (χ1) is 6.90. The monoisotopic (exact) mass is 188 g/mol. The molecule has 0 spiro atoms. The zero-order valence-corrected chi connectivity index (χ0v) is 8.36. The Morgan fingerprint density at radius 3 is 2.57 bits per heavy atom. The van der Waals surface area contributed by atoms with Crippen molar-refractivity contribution in [2.24, 2.45) is 0 Å². The molecule has 2 nitrogen and oxygen atoms in total. The third kappa shape index (κ3) is 1.90. The summed E-state index contributed by atoms with van der Waals surface area (Å²) < 4.78 is 5.11. The summed E-state index contributed by atoms with van der Waals surface area (Å²) in [6.45, 7) is 0.972. The second kappa shape index (κ2) is 4.18. The number of ether oxygens (including phenoxy) is 1. The molecule has 1 heterocycles. The Hall–Kier alpha value is -1.44. The minimum atomic E-state index is 0.905. The Labute approximate surface area is 84.6 Å². The molecule has 0 saturated heterocycles. The molecule has 1 aliphatic heterocycles. The van der Waals surface area contributed by atoms with Crippen molar-refractivity contribution in [1.82, 2.24) is 5.32 Å². The fraction of sp³-hybridized carbons (Fsp3) is 0.333. The maximum Gasteiger partial charge on any atom is 0.118 e. The molecular weight excluding hydrogens is 174 g/mol. The maximum absolute atomic E-state index is 5.11. The van der Waals surface area contributed by atoms with Gasteiger partial charge in [0.15, 0.2) is 0 Å². The molecule has 0 aliphatic carbocycles. The fourth-order valence-corrected chi connectivity index (χ4v) is 1.62. The molecule has 2 rings (SSSR count). The average molecular weight is 188 g/mol. The lowest BCUT2D eigenvalue weighted by atomic mass is 10.0. The molecule has 0 aromatic heterocycles. The van der Waals surface area contributed by atoms with Gasteiger partial charge in [0.2, 0.25) is 0 Å². The van der Waals surface area contributed by atoms with E-state index in [9.17, 15) is 0 Å². The normalized spacial score (nSPS) is 15.6. The van der Waals surface area contributed by atoms with E-state index in [4.69, 9.17) is 4.74 Å². The van der Waals surface area contributed by atoms with Crippen LogP contribution in [0.5, 0.6) is 5.75 Å². The molecule has 14 heavy (non-hydrogen) atoms. The summed E-state index contributed by atoms with van der Waals surface area (Å²) in [6, 6.07) is 8.16. The van der Waals surface area contributed by atoms with Crippen molar-refractivity contribution in [1.29, 1.82) is 0 Å². The Kier molecular flexibility index (Phi) is 2.73. The number of rotatable bonds is 2. The van der Waals surface area contributed by atoms with Crippen molar-refractivity contribution >= 4 is 5.57 Å². The van der Waals surface area contributed by atoms with E-state index in [2.05, 4.69) is 17.4 Å². The van der Waals surface area contributed by atoms with Gasteiger partial charge < -0.3 is 4.74 Å². The summed E-state index contributed by atoms with van der Waals surface area (Å²) in [6.07, 6.45) is 4.29. The highest BCUT2D eigenvalue weighted by Crippen LogP contribution is 2.23. The molecule has 0 bridgehead atoms. The second-order valence-corrected chi connectivity index (χ2v) is 3.39. The Balaban J connectivity index is 2.19. The first kappa shape index (κ1) is 9.13. The van der Waals surface area contributed by atoms with Crippen LogP contribution in [0.15, 0.2) is 30.5 Å². The smallest absolute Gasteiger partial charge is 0.118 e. The molecule has 2 heteroatoms. The van der Waals surface area contributed by atoms with E-state index in [0.717, 1.165) is 25.1 Å². The third-order valence-corrected chi connectivity index (χ3v) is 2.44. The van der Waals surface area contributed by atoms with Crippen LogP contribution in [0.4, 0.5) is 0 Å². The molecular formula is C12H14NO. The van der Waals surface area contributed by atoms with Crippen LogP contribution in [-0.2, 0) is 0 Å². The predicted octanol–water partition coefficient (Wildman–Crippen LogP) is 2.43. The van der Waals surface area contributed by atoms with E-state index >= 15 is 0 Å². The maximum atomic E-state index is 5.11. The Morgan fingerprint density at radius 1 is 1.21 bits per heavy atom. The van der Waals surface area contributed by atoms with Crippen LogP contribution in [0.3, 0.4) is 0 Å². The van der Waals surface area contributed by atoms with Crippen molar-refractivity contribution < 1.29 is 4.74 Å². The Bertz CT molecular complexity index is 327. The van der Waals surface area contributed by atoms with Gasteiger partial charge in [-0.25, -0.2) is 0 Å². The van der Waals surface area contributed by atoms with Crippen molar-refractivity contribution in [3.05, 3.63) is 36.0 Å². The minimum Gasteiger partial charge on any atom is -0.497 e. The van der Waals surface area contributed by atoms with Crippen molar-refractivity contribution in [2.75, 3.05) is 13.7 Å². The number of benzene rings is 1. The molecule has 1 aromatic rings. The van der Waals surface area contributed by atoms with Crippen LogP contribution in [0.2, 0.25) is 0 Å². The summed E-state index contributed by atoms with van der Waals surface area (Å²) in [5.41, 5.74) is 2.59. The Morgan fingerprint density at radius 2 is 2.00 bits per heavy atom. The predicted molar refractivity (Wildman–Crippen MR) is 57.2 cm³/mol. The quantitative estimate of drug-likeness (QED) is 0.699. The highest BCUT2D eigenvalue weighted by Gasteiger charge is 2.06. The number of allylic oxidation sites excluding steroid dienone is 1. The molecule has 1 radical (unpaired) electrons. The largest absolute Gasteiger partial charge is 0.497 e. The number of methoxy groups -OCH3 is 1. The summed E-state index contributed by atoms with van der Waals surface area (Å²) in [4.78, 5) is 0. The van der Waals surface area contributed by atoms with Crippen molar-refractivity contribution in [3.8, 4) is 5.75 Å². The minimum absolute atomic E-state index is 0.905. The lowest BCUT2D eigenvalue weighted by Gasteiger charge is -2.12. The van der Waals surface area contributed by atoms with Crippen LogP contribution < -0.4 is 10.1 Å². The van der Waals surface area contributed by atoms with Gasteiger partial charge in [0.05, 0.1) is 7.11 Å². The third-order valence-electron chi connectivity index (χ3n) is 2.44. The number of hydrogen-bond donors (Lipinski definition) is 0. The molecule has 0 saturated carbocycles. The SMILES string of the molecule is COc1ccc(C2=C[N]CCC2)cc1. The zero-order valence-electron chi connectivity index (χ0n) is 8.36. The fourth-order valence-electron chi connectivity index (χ4n) is 1.62. The van der Waals surface area contributed by atoms with E-state index in [0.29, 0.717) is 0 Å². The van der Waals surface area contributed by atoms with Gasteiger partial charge in [-0.05, 0) is 36.1 Å². The average Bonchev–Trinajstić information content (AvgIpc) is 2.30. The molecule has 1 aliphatic rings. The van der Waals surface area contributed by atoms with Crippen LogP contribution >= 0.6 is 0 Å². The molecule has 73 valence electrons. The van der Waals surface area contributed by atoms with E-state index < -0.39 is 0 Å². The van der Waals surface area contributed by atoms with Crippen LogP contribution in [0.25, 0.3) is 5.57 Å². The molecule has 0 fully saturated rings. The van der Waals surface area contributed by atoms with Gasteiger partial charge in [0.1, 0.15) is 5.75 Å². The van der Waals surface area contributed by atoms with Gasteiger partial charge in [-0.3, -0.25) is 5.32 Å². The standard InChI is InChI=1S/C12H14NO/c1-14-12-6-4-10(5-7-12)11-3-2-8-13-9-11/h4-7,9H,2-3,8H2,1H3. The van der Waals surface area contributed by atoms with Crippen LogP contribution in [-0.4, -0.2) is 13.7 Å². The van der Waals surface area contributed by atoms with E-state index in [1.807, 2.05) is 18.3 Å². The first-order valence-electron chi connectivity index (χ1n) is 4.90. The van der Waals surface area contributed by atoms with Gasteiger partial charge >= 0.3 is 0 Å². The van der Waals surface area contributed by atoms with E-state index in [1.165, 1.54) is 11.1 Å². The van der Waals surface area contributed by atoms with Gasteiger partial charge in [0, 0.05) is 12.7 Å². The number of nitrogens with zero attached hydrogens (tertiary/aromatic N) is 1. The summed E-state index contributed by atoms with van der Waals surface area (Å²) in [5.74, 6) is 0.905. The van der Waals surface area contributed by atoms with E-state index in [-0.39, 0.29) is 0 Å². The van der Waals surface area contributed by atoms with Gasteiger partial charge in [-0.2, -0.15) is 0 Å². The van der Waals surface area contributed by atoms with Gasteiger partial charge in [-0.1, -0.05) is 12.1 Å². The molecule has 0 atom stereocenters. The van der Waals surface area contributed by atoms with Gasteiger partial charge in [0.25, 0.3) is 0 Å². The lowest BCUT2D eigenvalue weighted by Crippen LogP contribution is -2.06. The summed E-state index contributed by atoms with van der Waals surface area (Å²) in [7, 11) is 1.68. The first-order valence-corrected chi connectivity index (χ1v) is 4.90. The highest BCUT2D eigenvalue weighted by molar-refractivity contribution is 5.66. The lowest BCUT2D eigenvalue weighted by molar-refractivity contribution is 0.415. The van der Waals surface area contributed by atoms with Crippen molar-refractivity contribution in [2.45, 2.75) is 12.8 Å². The summed E-state index contributed by atoms with van der Waals surface area (Å²) in [5, 5.41) is 4.28. The summed E-state index contributed by atoms with van der Waals surface area (Å²) >= 11 is 0.